The van der Waals surface area contributed by atoms with Crippen LogP contribution in [0.4, 0.5) is 0 Å². The maximum absolute atomic E-state index is 12.1. The minimum absolute atomic E-state index is 0.251. The molecule has 0 spiro atoms. The van der Waals surface area contributed by atoms with Gasteiger partial charge in [0, 0.05) is 12.6 Å². The van der Waals surface area contributed by atoms with Gasteiger partial charge in [-0.05, 0) is 0 Å². The van der Waals surface area contributed by atoms with Crippen LogP contribution in [0.3, 0.4) is 0 Å². The molecule has 0 aliphatic carbocycles. The molecule has 0 bridgehead atoms. The maximum Gasteiger partial charge on any atom is 0.278 e. The van der Waals surface area contributed by atoms with E-state index in [2.05, 4.69) is 37.0 Å². The van der Waals surface area contributed by atoms with Crippen LogP contribution < -0.4 is 0 Å². The fraction of sp³-hybridized carbons (Fsp3) is 0.182. The number of hydrogen-bond acceptors (Lipinski definition) is 3. The Labute approximate surface area is 115 Å². The molecule has 0 radical (unpaired) electrons. The largest absolute Gasteiger partial charge is 0.289 e. The molecule has 0 saturated carbocycles. The molecule has 2 rings (SSSR count). The first-order valence-corrected chi connectivity index (χ1v) is 6.38. The minimum Gasteiger partial charge on any atom is -0.289 e. The molecule has 1 aliphatic rings. The molecule has 0 saturated heterocycles. The van der Waals surface area contributed by atoms with Gasteiger partial charge in [-0.15, -0.1) is 0 Å². The molecule has 0 aromatic heterocycles. The average Bonchev–Trinajstić information content (AvgIpc) is 2.33. The molecule has 0 unspecified atom stereocenters. The lowest BCUT2D eigenvalue weighted by Crippen LogP contribution is -2.50. The Kier molecular flexibility index (Phi) is 3.18. The van der Waals surface area contributed by atoms with E-state index >= 15 is 0 Å². The number of carbonyl (C=O) groups excluding carboxylic acids is 2. The van der Waals surface area contributed by atoms with Gasteiger partial charge in [-0.1, -0.05) is 62.2 Å². The molecule has 88 valence electrons. The molecule has 4 nitrogen and oxygen atoms in total. The number of hydrogen-bond donors (Lipinski definition) is 0. The Morgan fingerprint density at radius 1 is 1.18 bits per heavy atom. The molecule has 0 N–H and O–H groups in total. The highest BCUT2D eigenvalue weighted by Gasteiger charge is 2.48. The summed E-state index contributed by atoms with van der Waals surface area (Å²) < 4.78 is -1.42. The zero-order valence-corrected chi connectivity index (χ0v) is 12.0. The second-order valence-corrected chi connectivity index (χ2v) is 6.99. The Bertz CT molecular complexity index is 511. The molecule has 0 fully saturated rings. The summed E-state index contributed by atoms with van der Waals surface area (Å²) in [4.78, 5) is 23.9. The third-order valence-electron chi connectivity index (χ3n) is 2.36. The zero-order valence-electron chi connectivity index (χ0n) is 8.85. The molecule has 1 aliphatic heterocycles. The summed E-state index contributed by atoms with van der Waals surface area (Å²) in [6.45, 7) is 0. The lowest BCUT2D eigenvalue weighted by atomic mass is 10.0. The zero-order chi connectivity index (χ0) is 12.6. The standard InChI is InChI=1S/C11H8Br2N2O2/c1-15-10(17)11(12,13)9(16)8(14-15)7-5-3-2-4-6-7/h2-6H,1H3. The van der Waals surface area contributed by atoms with Crippen LogP contribution in [0.5, 0.6) is 0 Å². The number of alkyl halides is 2. The van der Waals surface area contributed by atoms with Gasteiger partial charge >= 0.3 is 0 Å². The number of hydrazone groups is 1. The van der Waals surface area contributed by atoms with E-state index in [1.807, 2.05) is 18.2 Å². The molecule has 1 amide bonds. The molecular formula is C11H8Br2N2O2. The van der Waals surface area contributed by atoms with Gasteiger partial charge in [0.15, 0.2) is 0 Å². The smallest absolute Gasteiger partial charge is 0.278 e. The summed E-state index contributed by atoms with van der Waals surface area (Å²) in [5.41, 5.74) is 0.932. The van der Waals surface area contributed by atoms with Gasteiger partial charge in [0.05, 0.1) is 0 Å². The number of halogens is 2. The SMILES string of the molecule is CN1N=C(c2ccccc2)C(=O)C(Br)(Br)C1=O. The number of rotatable bonds is 1. The summed E-state index contributed by atoms with van der Waals surface area (Å²) in [5.74, 6) is -0.839. The van der Waals surface area contributed by atoms with Crippen LogP contribution in [0, 0.1) is 0 Å². The predicted molar refractivity (Wildman–Crippen MR) is 71.3 cm³/mol. The Morgan fingerprint density at radius 2 is 1.76 bits per heavy atom. The topological polar surface area (TPSA) is 49.7 Å². The first-order chi connectivity index (χ1) is 7.94. The fourth-order valence-corrected chi connectivity index (χ4v) is 2.36. The van der Waals surface area contributed by atoms with Crippen LogP contribution in [0.1, 0.15) is 5.56 Å². The van der Waals surface area contributed by atoms with E-state index in [1.165, 1.54) is 7.05 Å². The van der Waals surface area contributed by atoms with Gasteiger partial charge in [0.1, 0.15) is 5.71 Å². The summed E-state index contributed by atoms with van der Waals surface area (Å²) in [5, 5.41) is 5.15. The maximum atomic E-state index is 12.1. The van der Waals surface area contributed by atoms with Gasteiger partial charge in [-0.3, -0.25) is 9.59 Å². The lowest BCUT2D eigenvalue weighted by molar-refractivity contribution is -0.133. The van der Waals surface area contributed by atoms with Crippen LogP contribution in [-0.2, 0) is 9.59 Å². The number of nitrogens with zero attached hydrogens (tertiary/aromatic N) is 2. The monoisotopic (exact) mass is 358 g/mol. The number of carbonyl (C=O) groups is 2. The summed E-state index contributed by atoms with van der Waals surface area (Å²) in [6.07, 6.45) is 0. The highest BCUT2D eigenvalue weighted by molar-refractivity contribution is 9.26. The van der Waals surface area contributed by atoms with Crippen LogP contribution in [0.15, 0.2) is 35.4 Å². The van der Waals surface area contributed by atoms with Gasteiger partial charge in [-0.2, -0.15) is 5.10 Å². The second kappa shape index (κ2) is 4.34. The van der Waals surface area contributed by atoms with Crippen LogP contribution >= 0.6 is 31.9 Å². The number of ketones is 1. The van der Waals surface area contributed by atoms with Crippen LogP contribution in [-0.4, -0.2) is 32.7 Å². The van der Waals surface area contributed by atoms with Crippen molar-refractivity contribution in [1.82, 2.24) is 5.01 Å². The van der Waals surface area contributed by atoms with E-state index < -0.39 is 14.9 Å². The number of amides is 1. The van der Waals surface area contributed by atoms with E-state index in [0.29, 0.717) is 5.56 Å². The van der Waals surface area contributed by atoms with Crippen molar-refractivity contribution < 1.29 is 9.59 Å². The van der Waals surface area contributed by atoms with E-state index in [0.717, 1.165) is 5.01 Å². The quantitative estimate of drug-likeness (QED) is 0.568. The number of Topliss-reactive ketones (excluding diaryl/α,β-unsaturated/α-hetero) is 1. The van der Waals surface area contributed by atoms with Crippen molar-refractivity contribution in [3.63, 3.8) is 0 Å². The first-order valence-electron chi connectivity index (χ1n) is 4.79. The van der Waals surface area contributed by atoms with Crippen molar-refractivity contribution >= 4 is 49.3 Å². The van der Waals surface area contributed by atoms with E-state index in [9.17, 15) is 9.59 Å². The van der Waals surface area contributed by atoms with Crippen molar-refractivity contribution in [2.75, 3.05) is 7.05 Å². The summed E-state index contributed by atoms with van der Waals surface area (Å²) in [6, 6.07) is 9.02. The van der Waals surface area contributed by atoms with Crippen LogP contribution in [0.25, 0.3) is 0 Å². The summed E-state index contributed by atoms with van der Waals surface area (Å²) >= 11 is 6.19. The molecule has 1 aromatic carbocycles. The highest BCUT2D eigenvalue weighted by atomic mass is 79.9. The van der Waals surface area contributed by atoms with Gasteiger partial charge in [-0.25, -0.2) is 5.01 Å². The average molecular weight is 360 g/mol. The van der Waals surface area contributed by atoms with E-state index in [4.69, 9.17) is 0 Å². The van der Waals surface area contributed by atoms with Gasteiger partial charge < -0.3 is 0 Å². The second-order valence-electron chi connectivity index (χ2n) is 3.55. The fourth-order valence-electron chi connectivity index (χ4n) is 1.47. The van der Waals surface area contributed by atoms with Crippen LogP contribution in [0.2, 0.25) is 0 Å². The Morgan fingerprint density at radius 3 is 2.35 bits per heavy atom. The third kappa shape index (κ3) is 2.07. The molecule has 17 heavy (non-hydrogen) atoms. The van der Waals surface area contributed by atoms with Crippen molar-refractivity contribution in [2.24, 2.45) is 5.10 Å². The highest BCUT2D eigenvalue weighted by Crippen LogP contribution is 2.34. The van der Waals surface area contributed by atoms with Crippen molar-refractivity contribution in [2.45, 2.75) is 3.23 Å². The van der Waals surface area contributed by atoms with E-state index in [1.54, 1.807) is 12.1 Å². The van der Waals surface area contributed by atoms with Crippen molar-refractivity contribution in [3.05, 3.63) is 35.9 Å². The Hall–Kier alpha value is -1.01. The minimum atomic E-state index is -1.42. The normalized spacial score (nSPS) is 19.2. The Balaban J connectivity index is 2.53. The molecule has 1 aromatic rings. The van der Waals surface area contributed by atoms with Crippen molar-refractivity contribution in [3.8, 4) is 0 Å². The molecule has 6 heteroatoms. The van der Waals surface area contributed by atoms with Crippen molar-refractivity contribution in [1.29, 1.82) is 0 Å². The lowest BCUT2D eigenvalue weighted by Gasteiger charge is -2.28. The first kappa shape index (κ1) is 12.4. The van der Waals surface area contributed by atoms with Gasteiger partial charge in [0.25, 0.3) is 5.91 Å². The molecule has 1 heterocycles. The third-order valence-corrected chi connectivity index (χ3v) is 3.76. The summed E-state index contributed by atoms with van der Waals surface area (Å²) in [7, 11) is 1.51. The molecular weight excluding hydrogens is 352 g/mol. The van der Waals surface area contributed by atoms with Gasteiger partial charge in [0.2, 0.25) is 9.02 Å². The van der Waals surface area contributed by atoms with E-state index in [-0.39, 0.29) is 5.71 Å². The predicted octanol–water partition coefficient (Wildman–Crippen LogP) is 1.92. The molecule has 0 atom stereocenters. The number of benzene rings is 1.